The Hall–Kier alpha value is -1.15. The second-order valence-corrected chi connectivity index (χ2v) is 7.34. The minimum absolute atomic E-state index is 0.0212. The van der Waals surface area contributed by atoms with Crippen LogP contribution in [-0.4, -0.2) is 49.6 Å². The number of carboxylic acids is 1. The Morgan fingerprint density at radius 2 is 2.14 bits per heavy atom. The van der Waals surface area contributed by atoms with Crippen LogP contribution in [0.15, 0.2) is 23.1 Å². The molecular weight excluding hydrogens is 318 g/mol. The van der Waals surface area contributed by atoms with Crippen molar-refractivity contribution in [2.75, 3.05) is 20.2 Å². The molecule has 0 spiro atoms. The second kappa shape index (κ2) is 5.57. The number of hydrogen-bond acceptors (Lipinski definition) is 4. The highest BCUT2D eigenvalue weighted by atomic mass is 35.5. The van der Waals surface area contributed by atoms with Crippen LogP contribution in [0, 0.1) is 6.92 Å². The lowest BCUT2D eigenvalue weighted by Crippen LogP contribution is -2.44. The summed E-state index contributed by atoms with van der Waals surface area (Å²) in [6, 6.07) is 4.64. The number of methoxy groups -OCH3 is 1. The number of halogens is 1. The number of ether oxygens (including phenoxy) is 1. The van der Waals surface area contributed by atoms with E-state index in [2.05, 4.69) is 0 Å². The van der Waals surface area contributed by atoms with Gasteiger partial charge in [0.2, 0.25) is 10.0 Å². The van der Waals surface area contributed by atoms with Gasteiger partial charge in [-0.1, -0.05) is 17.7 Å². The molecule has 1 aliphatic rings. The van der Waals surface area contributed by atoms with Crippen molar-refractivity contribution in [3.05, 3.63) is 28.8 Å². The molecule has 8 heteroatoms. The summed E-state index contributed by atoms with van der Waals surface area (Å²) in [6.07, 6.45) is 0.0988. The summed E-state index contributed by atoms with van der Waals surface area (Å²) >= 11 is 6.01. The average Bonchev–Trinajstić information content (AvgIpc) is 2.84. The maximum atomic E-state index is 12.6. The topological polar surface area (TPSA) is 83.9 Å². The number of nitrogens with zero attached hydrogens (tertiary/aromatic N) is 1. The summed E-state index contributed by atoms with van der Waals surface area (Å²) in [6.45, 7) is 1.65. The zero-order valence-electron chi connectivity index (χ0n) is 11.7. The van der Waals surface area contributed by atoms with Crippen molar-refractivity contribution < 1.29 is 23.1 Å². The Balaban J connectivity index is 2.36. The number of aliphatic carboxylic acids is 1. The van der Waals surface area contributed by atoms with Gasteiger partial charge in [-0.05, 0) is 24.6 Å². The number of aryl methyl sites for hydroxylation is 1. The summed E-state index contributed by atoms with van der Waals surface area (Å²) in [5, 5.41) is 9.36. The molecule has 1 fully saturated rings. The van der Waals surface area contributed by atoms with E-state index in [0.717, 1.165) is 9.87 Å². The number of carbonyl (C=O) groups is 1. The summed E-state index contributed by atoms with van der Waals surface area (Å²) in [7, 11) is -2.58. The molecule has 1 unspecified atom stereocenters. The van der Waals surface area contributed by atoms with Crippen molar-refractivity contribution in [1.82, 2.24) is 4.31 Å². The molecule has 116 valence electrons. The van der Waals surface area contributed by atoms with Gasteiger partial charge in [-0.15, -0.1) is 0 Å². The van der Waals surface area contributed by atoms with Gasteiger partial charge in [0.25, 0.3) is 0 Å². The number of rotatable bonds is 4. The highest BCUT2D eigenvalue weighted by molar-refractivity contribution is 7.89. The molecule has 21 heavy (non-hydrogen) atoms. The largest absolute Gasteiger partial charge is 0.479 e. The Morgan fingerprint density at radius 3 is 2.62 bits per heavy atom. The smallest absolute Gasteiger partial charge is 0.337 e. The molecule has 0 radical (unpaired) electrons. The molecule has 1 saturated heterocycles. The Kier molecular flexibility index (Phi) is 4.30. The minimum atomic E-state index is -3.84. The highest BCUT2D eigenvalue weighted by Crippen LogP contribution is 2.32. The molecule has 0 aliphatic carbocycles. The van der Waals surface area contributed by atoms with Crippen molar-refractivity contribution in [2.45, 2.75) is 23.8 Å². The van der Waals surface area contributed by atoms with E-state index in [0.29, 0.717) is 0 Å². The molecule has 0 amide bonds. The van der Waals surface area contributed by atoms with Crippen molar-refractivity contribution in [3.8, 4) is 0 Å². The molecule has 1 aliphatic heterocycles. The van der Waals surface area contributed by atoms with Gasteiger partial charge in [0.15, 0.2) is 5.60 Å². The maximum Gasteiger partial charge on any atom is 0.337 e. The second-order valence-electron chi connectivity index (χ2n) is 5.03. The highest BCUT2D eigenvalue weighted by Gasteiger charge is 2.49. The van der Waals surface area contributed by atoms with E-state index in [4.69, 9.17) is 16.3 Å². The summed E-state index contributed by atoms with van der Waals surface area (Å²) in [5.74, 6) is -1.17. The van der Waals surface area contributed by atoms with Crippen molar-refractivity contribution in [3.63, 3.8) is 0 Å². The Bertz CT molecular complexity index is 675. The number of benzene rings is 1. The lowest BCUT2D eigenvalue weighted by Gasteiger charge is -2.23. The third-order valence-electron chi connectivity index (χ3n) is 3.68. The fourth-order valence-corrected chi connectivity index (χ4v) is 4.40. The number of carboxylic acid groups (broad SMARTS) is 1. The van der Waals surface area contributed by atoms with E-state index in [9.17, 15) is 18.3 Å². The minimum Gasteiger partial charge on any atom is -0.479 e. The Labute approximate surface area is 128 Å². The van der Waals surface area contributed by atoms with Crippen LogP contribution in [0.5, 0.6) is 0 Å². The third-order valence-corrected chi connectivity index (χ3v) is 6.01. The van der Waals surface area contributed by atoms with Crippen LogP contribution in [-0.2, 0) is 19.6 Å². The Morgan fingerprint density at radius 1 is 1.48 bits per heavy atom. The van der Waals surface area contributed by atoms with Gasteiger partial charge in [-0.2, -0.15) is 4.31 Å². The molecule has 2 rings (SSSR count). The van der Waals surface area contributed by atoms with E-state index >= 15 is 0 Å². The van der Waals surface area contributed by atoms with Gasteiger partial charge in [0.05, 0.1) is 11.6 Å². The van der Waals surface area contributed by atoms with Crippen molar-refractivity contribution in [2.24, 2.45) is 0 Å². The molecule has 1 aromatic rings. The molecule has 0 aromatic heterocycles. The molecule has 1 N–H and O–H groups in total. The van der Waals surface area contributed by atoms with Crippen molar-refractivity contribution >= 4 is 27.6 Å². The van der Waals surface area contributed by atoms with E-state index in [1.807, 2.05) is 0 Å². The first-order valence-corrected chi connectivity index (χ1v) is 8.09. The van der Waals surface area contributed by atoms with Gasteiger partial charge >= 0.3 is 5.97 Å². The van der Waals surface area contributed by atoms with Gasteiger partial charge < -0.3 is 9.84 Å². The molecule has 1 aromatic carbocycles. The normalized spacial score (nSPS) is 23.4. The summed E-state index contributed by atoms with van der Waals surface area (Å²) in [4.78, 5) is 11.3. The first-order chi connectivity index (χ1) is 9.73. The fraction of sp³-hybridized carbons (Fsp3) is 0.462. The van der Waals surface area contributed by atoms with E-state index < -0.39 is 21.6 Å². The van der Waals surface area contributed by atoms with Crippen LogP contribution in [0.2, 0.25) is 5.02 Å². The van der Waals surface area contributed by atoms with Crippen LogP contribution in [0.1, 0.15) is 12.0 Å². The summed E-state index contributed by atoms with van der Waals surface area (Å²) < 4.78 is 31.3. The predicted octanol–water partition coefficient (Wildman–Crippen LogP) is 1.51. The first-order valence-electron chi connectivity index (χ1n) is 6.28. The molecule has 1 heterocycles. The average molecular weight is 334 g/mol. The molecule has 0 saturated carbocycles. The fourth-order valence-electron chi connectivity index (χ4n) is 2.34. The lowest BCUT2D eigenvalue weighted by atomic mass is 10.0. The number of sulfonamides is 1. The van der Waals surface area contributed by atoms with Crippen LogP contribution in [0.25, 0.3) is 0 Å². The van der Waals surface area contributed by atoms with Gasteiger partial charge in [-0.3, -0.25) is 0 Å². The SMILES string of the molecule is COC1(C(=O)O)CCN(S(=O)(=O)c2ccc(C)cc2Cl)C1. The maximum absolute atomic E-state index is 12.6. The van der Waals surface area contributed by atoms with E-state index in [1.54, 1.807) is 19.1 Å². The number of hydrogen-bond donors (Lipinski definition) is 1. The zero-order valence-corrected chi connectivity index (χ0v) is 13.2. The monoisotopic (exact) mass is 333 g/mol. The van der Waals surface area contributed by atoms with Crippen LogP contribution >= 0.6 is 11.6 Å². The molecule has 6 nitrogen and oxygen atoms in total. The molecule has 0 bridgehead atoms. The van der Waals surface area contributed by atoms with E-state index in [1.165, 1.54) is 13.2 Å². The standard InChI is InChI=1S/C13H16ClNO5S/c1-9-3-4-11(10(14)7-9)21(18,19)15-6-5-13(8-15,20-2)12(16)17/h3-4,7H,5-6,8H2,1-2H3,(H,16,17). The van der Waals surface area contributed by atoms with Crippen molar-refractivity contribution in [1.29, 1.82) is 0 Å². The van der Waals surface area contributed by atoms with Crippen LogP contribution in [0.4, 0.5) is 0 Å². The zero-order chi connectivity index (χ0) is 15.8. The molecule has 1 atom stereocenters. The first kappa shape index (κ1) is 16.2. The quantitative estimate of drug-likeness (QED) is 0.903. The van der Waals surface area contributed by atoms with Crippen LogP contribution in [0.3, 0.4) is 0 Å². The molecular formula is C13H16ClNO5S. The summed E-state index contributed by atoms with van der Waals surface area (Å²) in [5.41, 5.74) is -0.651. The third kappa shape index (κ3) is 2.78. The van der Waals surface area contributed by atoms with Gasteiger partial charge in [0, 0.05) is 20.1 Å². The predicted molar refractivity (Wildman–Crippen MR) is 76.9 cm³/mol. The lowest BCUT2D eigenvalue weighted by molar-refractivity contribution is -0.160. The van der Waals surface area contributed by atoms with Gasteiger partial charge in [0.1, 0.15) is 4.90 Å². The van der Waals surface area contributed by atoms with Crippen LogP contribution < -0.4 is 0 Å². The van der Waals surface area contributed by atoms with E-state index in [-0.39, 0.29) is 29.4 Å². The van der Waals surface area contributed by atoms with Gasteiger partial charge in [-0.25, -0.2) is 13.2 Å².